The zero-order chi connectivity index (χ0) is 16.6. The molecule has 0 saturated heterocycles. The number of thiophene rings is 1. The molecule has 0 aliphatic heterocycles. The van der Waals surface area contributed by atoms with Gasteiger partial charge in [-0.1, -0.05) is 0 Å². The van der Waals surface area contributed by atoms with Crippen LogP contribution in [-0.4, -0.2) is 28.3 Å². The number of nitrogens with two attached hydrogens (primary N) is 1. The smallest absolute Gasteiger partial charge is 0.132 e. The van der Waals surface area contributed by atoms with Crippen molar-refractivity contribution in [2.45, 2.75) is 19.4 Å². The summed E-state index contributed by atoms with van der Waals surface area (Å²) in [6.45, 7) is 3.55. The number of hydrogen-bond donors (Lipinski definition) is 2. The molecule has 3 rings (SSSR count). The first-order valence-electron chi connectivity index (χ1n) is 7.20. The van der Waals surface area contributed by atoms with Gasteiger partial charge in [0.1, 0.15) is 10.6 Å². The second-order valence-corrected chi connectivity index (χ2v) is 6.88. The Hall–Kier alpha value is -2.31. The van der Waals surface area contributed by atoms with E-state index in [1.165, 1.54) is 11.3 Å². The second kappa shape index (κ2) is 5.72. The largest absolute Gasteiger partial charge is 0.385 e. The van der Waals surface area contributed by atoms with Crippen molar-refractivity contribution in [3.63, 3.8) is 0 Å². The molecular formula is C17H18N4OS. The molecule has 0 aromatic carbocycles. The van der Waals surface area contributed by atoms with Crippen molar-refractivity contribution in [2.75, 3.05) is 12.8 Å². The molecule has 23 heavy (non-hydrogen) atoms. The summed E-state index contributed by atoms with van der Waals surface area (Å²) in [4.78, 5) is 14.7. The van der Waals surface area contributed by atoms with E-state index in [0.29, 0.717) is 5.82 Å². The molecule has 0 atom stereocenters. The predicted octanol–water partition coefficient (Wildman–Crippen LogP) is 3.22. The number of aliphatic imine (C=N–C) groups is 1. The first-order valence-corrected chi connectivity index (χ1v) is 8.01. The minimum absolute atomic E-state index is 0.445. The first kappa shape index (κ1) is 15.6. The minimum atomic E-state index is -0.862. The molecule has 3 aromatic heterocycles. The number of nitrogens with zero attached hydrogens (tertiary/aromatic N) is 3. The summed E-state index contributed by atoms with van der Waals surface area (Å²) in [7, 11) is 1.69. The van der Waals surface area contributed by atoms with E-state index >= 15 is 0 Å². The van der Waals surface area contributed by atoms with Gasteiger partial charge in [0, 0.05) is 40.8 Å². The SMILES string of the molecule is CN=Cc1cc(-c2ccc3cc(C(C)(C)O)sc3n2)cnc1N. The number of hydrogen-bond acceptors (Lipinski definition) is 6. The molecule has 3 heterocycles. The molecule has 0 aliphatic carbocycles. The highest BCUT2D eigenvalue weighted by Crippen LogP contribution is 2.33. The Labute approximate surface area is 138 Å². The van der Waals surface area contributed by atoms with Crippen LogP contribution in [0.15, 0.2) is 35.5 Å². The molecule has 0 fully saturated rings. The van der Waals surface area contributed by atoms with Crippen LogP contribution in [0.4, 0.5) is 5.82 Å². The van der Waals surface area contributed by atoms with Crippen molar-refractivity contribution < 1.29 is 5.11 Å². The van der Waals surface area contributed by atoms with Gasteiger partial charge < -0.3 is 10.8 Å². The lowest BCUT2D eigenvalue weighted by molar-refractivity contribution is 0.0826. The van der Waals surface area contributed by atoms with Gasteiger partial charge in [-0.2, -0.15) is 0 Å². The Balaban J connectivity index is 2.08. The molecule has 0 radical (unpaired) electrons. The lowest BCUT2D eigenvalue weighted by Crippen LogP contribution is -2.12. The van der Waals surface area contributed by atoms with Crippen molar-refractivity contribution in [1.82, 2.24) is 9.97 Å². The highest BCUT2D eigenvalue weighted by molar-refractivity contribution is 7.18. The van der Waals surface area contributed by atoms with E-state index in [2.05, 4.69) is 9.98 Å². The highest BCUT2D eigenvalue weighted by Gasteiger charge is 2.19. The van der Waals surface area contributed by atoms with Gasteiger partial charge in [0.25, 0.3) is 0 Å². The normalized spacial score (nSPS) is 12.3. The summed E-state index contributed by atoms with van der Waals surface area (Å²) >= 11 is 1.50. The van der Waals surface area contributed by atoms with Gasteiger partial charge in [-0.05, 0) is 38.1 Å². The van der Waals surface area contributed by atoms with Gasteiger partial charge in [-0.25, -0.2) is 9.97 Å². The molecule has 0 spiro atoms. The molecule has 6 heteroatoms. The average Bonchev–Trinajstić information content (AvgIpc) is 2.93. The lowest BCUT2D eigenvalue weighted by atomic mass is 10.1. The van der Waals surface area contributed by atoms with Crippen molar-refractivity contribution in [3.8, 4) is 11.3 Å². The van der Waals surface area contributed by atoms with E-state index in [0.717, 1.165) is 31.9 Å². The maximum absolute atomic E-state index is 10.1. The van der Waals surface area contributed by atoms with Gasteiger partial charge in [-0.3, -0.25) is 4.99 Å². The first-order chi connectivity index (χ1) is 10.9. The van der Waals surface area contributed by atoms with Crippen LogP contribution in [0.3, 0.4) is 0 Å². The number of aliphatic hydroxyl groups is 1. The summed E-state index contributed by atoms with van der Waals surface area (Å²) in [5.74, 6) is 0.445. The molecule has 0 saturated carbocycles. The van der Waals surface area contributed by atoms with Crippen LogP contribution in [-0.2, 0) is 5.60 Å². The molecule has 118 valence electrons. The van der Waals surface area contributed by atoms with Crippen LogP contribution in [0.1, 0.15) is 24.3 Å². The summed E-state index contributed by atoms with van der Waals surface area (Å²) < 4.78 is 0. The summed E-state index contributed by atoms with van der Waals surface area (Å²) in [5, 5.41) is 11.2. The Morgan fingerprint density at radius 2 is 2.09 bits per heavy atom. The van der Waals surface area contributed by atoms with Crippen LogP contribution in [0, 0.1) is 0 Å². The van der Waals surface area contributed by atoms with Crippen molar-refractivity contribution in [1.29, 1.82) is 0 Å². The average molecular weight is 326 g/mol. The molecule has 5 nitrogen and oxygen atoms in total. The quantitative estimate of drug-likeness (QED) is 0.724. The standard InChI is InChI=1S/C17H18N4OS/c1-17(2,22)14-7-10-4-5-13(21-16(10)23-14)11-6-12(8-19-3)15(18)20-9-11/h4-9,22H,1-3H3,(H2,18,20). The fraction of sp³-hybridized carbons (Fsp3) is 0.235. The van der Waals surface area contributed by atoms with E-state index < -0.39 is 5.60 Å². The highest BCUT2D eigenvalue weighted by atomic mass is 32.1. The Kier molecular flexibility index (Phi) is 3.87. The number of pyridine rings is 2. The molecule has 0 bridgehead atoms. The van der Waals surface area contributed by atoms with Crippen LogP contribution in [0.5, 0.6) is 0 Å². The third kappa shape index (κ3) is 3.09. The third-order valence-electron chi connectivity index (χ3n) is 3.50. The molecule has 0 unspecified atom stereocenters. The third-order valence-corrected chi connectivity index (χ3v) is 4.86. The van der Waals surface area contributed by atoms with E-state index in [4.69, 9.17) is 10.7 Å². The van der Waals surface area contributed by atoms with Crippen molar-refractivity contribution in [2.24, 2.45) is 4.99 Å². The number of nitrogen functional groups attached to an aromatic ring is 1. The number of rotatable bonds is 3. The Bertz CT molecular complexity index is 893. The van der Waals surface area contributed by atoms with E-state index in [1.54, 1.807) is 33.3 Å². The summed E-state index contributed by atoms with van der Waals surface area (Å²) in [5.41, 5.74) is 7.46. The van der Waals surface area contributed by atoms with Crippen LogP contribution >= 0.6 is 11.3 Å². The fourth-order valence-corrected chi connectivity index (χ4v) is 3.29. The summed E-state index contributed by atoms with van der Waals surface area (Å²) in [6.07, 6.45) is 3.39. The predicted molar refractivity (Wildman–Crippen MR) is 96.0 cm³/mol. The molecule has 0 amide bonds. The van der Waals surface area contributed by atoms with Crippen molar-refractivity contribution >= 4 is 33.6 Å². The Morgan fingerprint density at radius 1 is 1.30 bits per heavy atom. The van der Waals surface area contributed by atoms with E-state index in [-0.39, 0.29) is 0 Å². The van der Waals surface area contributed by atoms with Gasteiger partial charge in [0.05, 0.1) is 11.3 Å². The maximum atomic E-state index is 10.1. The zero-order valence-corrected chi connectivity index (χ0v) is 14.1. The van der Waals surface area contributed by atoms with Crippen LogP contribution in [0.2, 0.25) is 0 Å². The Morgan fingerprint density at radius 3 is 2.78 bits per heavy atom. The minimum Gasteiger partial charge on any atom is -0.385 e. The lowest BCUT2D eigenvalue weighted by Gasteiger charge is -2.13. The van der Waals surface area contributed by atoms with Gasteiger partial charge >= 0.3 is 0 Å². The number of fused-ring (bicyclic) bond motifs is 1. The van der Waals surface area contributed by atoms with Gasteiger partial charge in [0.2, 0.25) is 0 Å². The molecule has 0 aliphatic rings. The van der Waals surface area contributed by atoms with E-state index in [9.17, 15) is 5.11 Å². The maximum Gasteiger partial charge on any atom is 0.132 e. The van der Waals surface area contributed by atoms with Gasteiger partial charge in [0.15, 0.2) is 0 Å². The van der Waals surface area contributed by atoms with E-state index in [1.807, 2.05) is 24.3 Å². The fourth-order valence-electron chi connectivity index (χ4n) is 2.25. The van der Waals surface area contributed by atoms with Crippen molar-refractivity contribution in [3.05, 3.63) is 40.9 Å². The number of aromatic nitrogens is 2. The van der Waals surface area contributed by atoms with Gasteiger partial charge in [-0.15, -0.1) is 11.3 Å². The molecular weight excluding hydrogens is 308 g/mol. The topological polar surface area (TPSA) is 84.4 Å². The zero-order valence-electron chi connectivity index (χ0n) is 13.2. The number of anilines is 1. The summed E-state index contributed by atoms with van der Waals surface area (Å²) in [6, 6.07) is 7.86. The van der Waals surface area contributed by atoms with Crippen LogP contribution in [0.25, 0.3) is 21.5 Å². The molecule has 3 aromatic rings. The van der Waals surface area contributed by atoms with Crippen LogP contribution < -0.4 is 5.73 Å². The second-order valence-electron chi connectivity index (χ2n) is 5.85. The monoisotopic (exact) mass is 326 g/mol. The molecule has 3 N–H and O–H groups in total.